The zero-order valence-electron chi connectivity index (χ0n) is 11.4. The Hall–Kier alpha value is -2.60. The summed E-state index contributed by atoms with van der Waals surface area (Å²) in [5, 5.41) is 9.24. The van der Waals surface area contributed by atoms with E-state index in [1.54, 1.807) is 12.1 Å². The van der Waals surface area contributed by atoms with Crippen LogP contribution in [0, 0.1) is 23.6 Å². The van der Waals surface area contributed by atoms with Gasteiger partial charge in [-0.2, -0.15) is 0 Å². The van der Waals surface area contributed by atoms with Gasteiger partial charge in [0.2, 0.25) is 0 Å². The van der Waals surface area contributed by atoms with Gasteiger partial charge in [0, 0.05) is 12.0 Å². The van der Waals surface area contributed by atoms with Crippen molar-refractivity contribution in [3.63, 3.8) is 0 Å². The smallest absolute Gasteiger partial charge is 0.307 e. The summed E-state index contributed by atoms with van der Waals surface area (Å²) in [5.41, 5.74) is 1.66. The molecule has 0 bridgehead atoms. The van der Waals surface area contributed by atoms with E-state index in [-0.39, 0.29) is 12.2 Å². The molecule has 2 aromatic rings. The fraction of sp³-hybridized carbons (Fsp3) is 0.167. The Morgan fingerprint density at radius 3 is 2.38 bits per heavy atom. The van der Waals surface area contributed by atoms with Crippen LogP contribution in [0.25, 0.3) is 0 Å². The first-order valence-electron chi connectivity index (χ1n) is 6.66. The van der Waals surface area contributed by atoms with Gasteiger partial charge in [-0.1, -0.05) is 42.2 Å². The van der Waals surface area contributed by atoms with Crippen molar-refractivity contribution < 1.29 is 14.3 Å². The Balaban J connectivity index is 2.01. The number of halogens is 1. The zero-order valence-corrected chi connectivity index (χ0v) is 11.4. The largest absolute Gasteiger partial charge is 0.481 e. The van der Waals surface area contributed by atoms with E-state index in [2.05, 4.69) is 11.8 Å². The third-order valence-electron chi connectivity index (χ3n) is 3.10. The van der Waals surface area contributed by atoms with Crippen LogP contribution in [0.3, 0.4) is 0 Å². The molecule has 0 radical (unpaired) electrons. The molecule has 0 spiro atoms. The third-order valence-corrected chi connectivity index (χ3v) is 3.10. The fourth-order valence-electron chi connectivity index (χ4n) is 1.95. The molecule has 2 rings (SSSR count). The Labute approximate surface area is 123 Å². The Morgan fingerprint density at radius 1 is 1.10 bits per heavy atom. The zero-order chi connectivity index (χ0) is 15.1. The predicted octanol–water partition coefficient (Wildman–Crippen LogP) is 3.51. The van der Waals surface area contributed by atoms with E-state index >= 15 is 0 Å². The molecule has 0 fully saturated rings. The highest BCUT2D eigenvalue weighted by Crippen LogP contribution is 2.13. The molecule has 2 nitrogen and oxygen atoms in total. The van der Waals surface area contributed by atoms with Gasteiger partial charge < -0.3 is 5.11 Å². The van der Waals surface area contributed by atoms with Crippen LogP contribution in [-0.4, -0.2) is 11.1 Å². The van der Waals surface area contributed by atoms with Crippen LogP contribution < -0.4 is 0 Å². The average Bonchev–Trinajstić information content (AvgIpc) is 2.49. The maximum atomic E-state index is 12.8. The van der Waals surface area contributed by atoms with Gasteiger partial charge in [0.1, 0.15) is 5.82 Å². The monoisotopic (exact) mass is 282 g/mol. The van der Waals surface area contributed by atoms with Crippen molar-refractivity contribution in [3.05, 3.63) is 71.5 Å². The van der Waals surface area contributed by atoms with E-state index in [1.807, 2.05) is 30.3 Å². The molecule has 1 atom stereocenters. The number of rotatable bonds is 4. The minimum absolute atomic E-state index is 0.265. The standard InChI is InChI=1S/C18H15FO2/c19-17-11-9-15(10-12-17)13-16(18(20)21)8-4-7-14-5-2-1-3-6-14/h1-3,5-6,9-12,16H,8,13H2,(H,20,21). The van der Waals surface area contributed by atoms with Gasteiger partial charge in [0.15, 0.2) is 0 Å². The van der Waals surface area contributed by atoms with Gasteiger partial charge in [-0.05, 0) is 36.2 Å². The number of carboxylic acids is 1. The lowest BCUT2D eigenvalue weighted by atomic mass is 9.96. The van der Waals surface area contributed by atoms with Crippen LogP contribution in [0.2, 0.25) is 0 Å². The predicted molar refractivity (Wildman–Crippen MR) is 79.2 cm³/mol. The number of hydrogen-bond acceptors (Lipinski definition) is 1. The number of carboxylic acid groups (broad SMARTS) is 1. The second-order valence-corrected chi connectivity index (χ2v) is 4.74. The van der Waals surface area contributed by atoms with Crippen molar-refractivity contribution in [2.24, 2.45) is 5.92 Å². The summed E-state index contributed by atoms with van der Waals surface area (Å²) in [5.74, 6) is 4.06. The molecule has 0 saturated heterocycles. The number of carbonyl (C=O) groups is 1. The lowest BCUT2D eigenvalue weighted by Crippen LogP contribution is -2.15. The molecule has 0 aliphatic heterocycles. The maximum Gasteiger partial charge on any atom is 0.307 e. The van der Waals surface area contributed by atoms with Crippen LogP contribution in [0.15, 0.2) is 54.6 Å². The van der Waals surface area contributed by atoms with E-state index < -0.39 is 11.9 Å². The molecule has 0 amide bonds. The SMILES string of the molecule is O=C(O)C(CC#Cc1ccccc1)Cc1ccc(F)cc1. The second kappa shape index (κ2) is 7.25. The van der Waals surface area contributed by atoms with Crippen molar-refractivity contribution in [2.45, 2.75) is 12.8 Å². The summed E-state index contributed by atoms with van der Waals surface area (Å²) in [6.45, 7) is 0. The van der Waals surface area contributed by atoms with Gasteiger partial charge in [-0.25, -0.2) is 4.39 Å². The van der Waals surface area contributed by atoms with Crippen LogP contribution >= 0.6 is 0 Å². The molecule has 0 aromatic heterocycles. The van der Waals surface area contributed by atoms with E-state index in [4.69, 9.17) is 0 Å². The van der Waals surface area contributed by atoms with Crippen molar-refractivity contribution >= 4 is 5.97 Å². The second-order valence-electron chi connectivity index (χ2n) is 4.74. The molecule has 0 saturated carbocycles. The highest BCUT2D eigenvalue weighted by molar-refractivity contribution is 5.70. The van der Waals surface area contributed by atoms with Gasteiger partial charge in [-0.3, -0.25) is 4.79 Å². The number of benzene rings is 2. The Morgan fingerprint density at radius 2 is 1.76 bits per heavy atom. The van der Waals surface area contributed by atoms with Crippen LogP contribution in [0.4, 0.5) is 4.39 Å². The minimum Gasteiger partial charge on any atom is -0.481 e. The molecule has 0 heterocycles. The van der Waals surface area contributed by atoms with Gasteiger partial charge in [0.25, 0.3) is 0 Å². The molecule has 2 aromatic carbocycles. The van der Waals surface area contributed by atoms with E-state index in [0.29, 0.717) is 6.42 Å². The molecule has 1 unspecified atom stereocenters. The summed E-state index contributed by atoms with van der Waals surface area (Å²) in [6, 6.07) is 15.3. The van der Waals surface area contributed by atoms with Gasteiger partial charge in [0.05, 0.1) is 5.92 Å². The van der Waals surface area contributed by atoms with Crippen molar-refractivity contribution in [1.29, 1.82) is 0 Å². The van der Waals surface area contributed by atoms with E-state index in [1.165, 1.54) is 12.1 Å². The molecule has 0 aliphatic carbocycles. The molecule has 3 heteroatoms. The topological polar surface area (TPSA) is 37.3 Å². The number of aliphatic carboxylic acids is 1. The summed E-state index contributed by atoms with van der Waals surface area (Å²) in [7, 11) is 0. The van der Waals surface area contributed by atoms with Gasteiger partial charge >= 0.3 is 5.97 Å². The lowest BCUT2D eigenvalue weighted by molar-refractivity contribution is -0.141. The van der Waals surface area contributed by atoms with E-state index in [9.17, 15) is 14.3 Å². The maximum absolute atomic E-state index is 12.8. The molecule has 21 heavy (non-hydrogen) atoms. The first kappa shape index (κ1) is 14.8. The van der Waals surface area contributed by atoms with Gasteiger partial charge in [-0.15, -0.1) is 0 Å². The first-order chi connectivity index (χ1) is 10.1. The highest BCUT2D eigenvalue weighted by Gasteiger charge is 2.16. The number of hydrogen-bond donors (Lipinski definition) is 1. The molecule has 1 N–H and O–H groups in total. The van der Waals surface area contributed by atoms with Crippen LogP contribution in [0.5, 0.6) is 0 Å². The summed E-state index contributed by atoms with van der Waals surface area (Å²) >= 11 is 0. The van der Waals surface area contributed by atoms with Crippen molar-refractivity contribution in [1.82, 2.24) is 0 Å². The lowest BCUT2D eigenvalue weighted by Gasteiger charge is -2.08. The third kappa shape index (κ3) is 4.77. The molecular formula is C18H15FO2. The molecular weight excluding hydrogens is 267 g/mol. The highest BCUT2D eigenvalue weighted by atomic mass is 19.1. The summed E-state index contributed by atoms with van der Waals surface area (Å²) in [6.07, 6.45) is 0.612. The van der Waals surface area contributed by atoms with E-state index in [0.717, 1.165) is 11.1 Å². The average molecular weight is 282 g/mol. The molecule has 106 valence electrons. The Bertz CT molecular complexity index is 651. The summed E-state index contributed by atoms with van der Waals surface area (Å²) < 4.78 is 12.8. The Kier molecular flexibility index (Phi) is 5.11. The van der Waals surface area contributed by atoms with Crippen LogP contribution in [-0.2, 0) is 11.2 Å². The van der Waals surface area contributed by atoms with Crippen molar-refractivity contribution in [3.8, 4) is 11.8 Å². The summed E-state index contributed by atoms with van der Waals surface area (Å²) in [4.78, 5) is 11.3. The molecule has 0 aliphatic rings. The quantitative estimate of drug-likeness (QED) is 0.871. The van der Waals surface area contributed by atoms with Crippen LogP contribution in [0.1, 0.15) is 17.5 Å². The fourth-order valence-corrected chi connectivity index (χ4v) is 1.95. The first-order valence-corrected chi connectivity index (χ1v) is 6.66. The minimum atomic E-state index is -0.887. The van der Waals surface area contributed by atoms with Crippen molar-refractivity contribution in [2.75, 3.05) is 0 Å². The normalized spacial score (nSPS) is 11.3.